The summed E-state index contributed by atoms with van der Waals surface area (Å²) in [7, 11) is 1.70. The molecule has 6 heteroatoms. The van der Waals surface area contributed by atoms with Crippen LogP contribution >= 0.6 is 29.1 Å². The number of hydrogen-bond acceptors (Lipinski definition) is 5. The van der Waals surface area contributed by atoms with E-state index in [4.69, 9.17) is 33.3 Å². The van der Waals surface area contributed by atoms with Crippen LogP contribution in [-0.4, -0.2) is 17.6 Å². The van der Waals surface area contributed by atoms with Crippen LogP contribution < -0.4 is 10.0 Å². The van der Waals surface area contributed by atoms with Gasteiger partial charge in [-0.05, 0) is 105 Å². The molecule has 1 aliphatic heterocycles. The number of thiocarbonyl (C=S) groups is 1. The third-order valence-corrected chi connectivity index (χ3v) is 16.8. The van der Waals surface area contributed by atoms with E-state index in [-0.39, 0.29) is 11.0 Å². The lowest BCUT2D eigenvalue weighted by molar-refractivity contribution is -0.0885. The lowest BCUT2D eigenvalue weighted by Gasteiger charge is -2.59. The standard InChI is InChI=1S/C28H35O2PS3/c1-18-28(30-31(33,34-18)21-8-6-20(29-4)7-9-21)16-13-25-23-10-5-19-17-22(32)11-14-26(19,2)24(23)12-15-27(25,28)3/h6-9,17,23-25H,1,5,10-16H2,2-4H3/t23-,24+,25+,26+,27+,28+,31-/m1/s1. The summed E-state index contributed by atoms with van der Waals surface area (Å²) in [5.74, 6) is 3.09. The molecule has 34 heavy (non-hydrogen) atoms. The Labute approximate surface area is 219 Å². The van der Waals surface area contributed by atoms with Crippen LogP contribution in [-0.2, 0) is 16.3 Å². The van der Waals surface area contributed by atoms with E-state index in [9.17, 15) is 0 Å². The van der Waals surface area contributed by atoms with Crippen molar-refractivity contribution >= 4 is 51.0 Å². The molecular formula is C28H35O2PS3. The fraction of sp³-hybridized carbons (Fsp3) is 0.607. The zero-order valence-electron chi connectivity index (χ0n) is 20.5. The maximum Gasteiger partial charge on any atom is 0.153 e. The Morgan fingerprint density at radius 1 is 1.06 bits per heavy atom. The van der Waals surface area contributed by atoms with Gasteiger partial charge in [0.1, 0.15) is 11.4 Å². The third-order valence-electron chi connectivity index (χ3n) is 10.4. The lowest BCUT2D eigenvalue weighted by Crippen LogP contribution is -2.54. The molecule has 7 atom stereocenters. The van der Waals surface area contributed by atoms with Crippen molar-refractivity contribution in [2.24, 2.45) is 28.6 Å². The molecule has 4 fully saturated rings. The van der Waals surface area contributed by atoms with Gasteiger partial charge >= 0.3 is 0 Å². The van der Waals surface area contributed by atoms with Crippen molar-refractivity contribution in [3.8, 4) is 5.75 Å². The Morgan fingerprint density at radius 2 is 1.79 bits per heavy atom. The molecule has 4 aliphatic carbocycles. The van der Waals surface area contributed by atoms with Gasteiger partial charge in [-0.25, -0.2) is 0 Å². The first-order valence-electron chi connectivity index (χ1n) is 12.7. The second-order valence-corrected chi connectivity index (χ2v) is 18.8. The van der Waals surface area contributed by atoms with Crippen molar-refractivity contribution in [1.82, 2.24) is 0 Å². The summed E-state index contributed by atoms with van der Waals surface area (Å²) in [5.41, 5.74) is -0.422. The van der Waals surface area contributed by atoms with Crippen molar-refractivity contribution in [2.75, 3.05) is 7.11 Å². The average molecular weight is 531 g/mol. The summed E-state index contributed by atoms with van der Waals surface area (Å²) in [5, 5.41) is 1.13. The van der Waals surface area contributed by atoms with E-state index in [0.717, 1.165) is 35.7 Å². The minimum Gasteiger partial charge on any atom is -0.497 e. The topological polar surface area (TPSA) is 18.5 Å². The Balaban J connectivity index is 1.32. The first-order valence-corrected chi connectivity index (χ1v) is 17.3. The molecule has 182 valence electrons. The highest BCUT2D eigenvalue weighted by Gasteiger charge is 2.69. The molecule has 1 spiro atoms. The van der Waals surface area contributed by atoms with Crippen molar-refractivity contribution in [3.63, 3.8) is 0 Å². The molecule has 3 saturated carbocycles. The number of ether oxygens (including phenoxy) is 1. The Bertz CT molecular complexity index is 1140. The van der Waals surface area contributed by atoms with Gasteiger partial charge in [-0.2, -0.15) is 0 Å². The van der Waals surface area contributed by atoms with Gasteiger partial charge in [0.15, 0.2) is 5.47 Å². The summed E-state index contributed by atoms with van der Waals surface area (Å²) in [6.07, 6.45) is 12.0. The fourth-order valence-electron chi connectivity index (χ4n) is 8.53. The van der Waals surface area contributed by atoms with Crippen molar-refractivity contribution < 1.29 is 9.26 Å². The van der Waals surface area contributed by atoms with Crippen LogP contribution in [0.2, 0.25) is 0 Å². The molecule has 6 rings (SSSR count). The first-order chi connectivity index (χ1) is 16.2. The van der Waals surface area contributed by atoms with Gasteiger partial charge in [0, 0.05) is 20.5 Å². The van der Waals surface area contributed by atoms with Crippen LogP contribution in [0.4, 0.5) is 0 Å². The van der Waals surface area contributed by atoms with Crippen LogP contribution in [0.25, 0.3) is 0 Å². The molecule has 0 N–H and O–H groups in total. The summed E-state index contributed by atoms with van der Waals surface area (Å²) in [6.45, 7) is 9.70. The number of fused-ring (bicyclic) bond motifs is 6. The van der Waals surface area contributed by atoms with Gasteiger partial charge in [-0.3, -0.25) is 0 Å². The van der Waals surface area contributed by atoms with Crippen molar-refractivity contribution in [3.05, 3.63) is 47.4 Å². The average Bonchev–Trinajstić information content (AvgIpc) is 3.27. The maximum absolute atomic E-state index is 7.19. The highest BCUT2D eigenvalue weighted by molar-refractivity contribution is 8.73. The van der Waals surface area contributed by atoms with Crippen LogP contribution in [0.1, 0.15) is 65.2 Å². The molecule has 0 amide bonds. The number of hydrogen-bond donors (Lipinski definition) is 0. The number of methoxy groups -OCH3 is 1. The van der Waals surface area contributed by atoms with E-state index < -0.39 is 5.47 Å². The first kappa shape index (κ1) is 23.9. The molecule has 0 unspecified atom stereocenters. The molecule has 1 saturated heterocycles. The molecule has 1 aromatic carbocycles. The van der Waals surface area contributed by atoms with Gasteiger partial charge < -0.3 is 9.26 Å². The van der Waals surface area contributed by atoms with E-state index >= 15 is 0 Å². The zero-order valence-corrected chi connectivity index (χ0v) is 23.8. The summed E-state index contributed by atoms with van der Waals surface area (Å²) in [4.78, 5) is 2.36. The van der Waals surface area contributed by atoms with Crippen molar-refractivity contribution in [1.29, 1.82) is 0 Å². The Kier molecular flexibility index (Phi) is 5.64. The van der Waals surface area contributed by atoms with E-state index in [1.165, 1.54) is 48.3 Å². The molecule has 1 aromatic rings. The molecule has 5 aliphatic rings. The van der Waals surface area contributed by atoms with Gasteiger partial charge in [-0.15, -0.1) is 0 Å². The SMILES string of the molecule is C=C1S[P@](=S)(c2ccc(OC)cc2)O[C@@]12CC[C@H]1[C@@H]3CCC4=CC(=S)CC[C@]4(C)[C@H]3CC[C@@]12C. The molecule has 0 radical (unpaired) electrons. The molecule has 0 aromatic heterocycles. The predicted octanol–water partition coefficient (Wildman–Crippen LogP) is 7.98. The third kappa shape index (κ3) is 3.16. The van der Waals surface area contributed by atoms with E-state index in [0.29, 0.717) is 11.3 Å². The summed E-state index contributed by atoms with van der Waals surface area (Å²) >= 11 is 13.7. The van der Waals surface area contributed by atoms with Gasteiger partial charge in [0.05, 0.1) is 7.11 Å². The van der Waals surface area contributed by atoms with Crippen LogP contribution in [0, 0.1) is 28.6 Å². The normalized spacial score (nSPS) is 45.5. The minimum atomic E-state index is -2.24. The smallest absolute Gasteiger partial charge is 0.153 e. The highest BCUT2D eigenvalue weighted by atomic mass is 32.9. The second-order valence-electron chi connectivity index (χ2n) is 11.6. The molecule has 2 nitrogen and oxygen atoms in total. The quantitative estimate of drug-likeness (QED) is 0.284. The number of rotatable bonds is 2. The van der Waals surface area contributed by atoms with E-state index in [2.05, 4.69) is 38.6 Å². The monoisotopic (exact) mass is 530 g/mol. The number of allylic oxidation sites excluding steroid dienone is 2. The van der Waals surface area contributed by atoms with Crippen LogP contribution in [0.5, 0.6) is 5.75 Å². The molecule has 1 heterocycles. The van der Waals surface area contributed by atoms with E-state index in [1.807, 2.05) is 12.1 Å². The minimum absolute atomic E-state index is 0.118. The second kappa shape index (κ2) is 8.02. The van der Waals surface area contributed by atoms with Gasteiger partial charge in [0.2, 0.25) is 0 Å². The van der Waals surface area contributed by atoms with E-state index in [1.54, 1.807) is 24.1 Å². The lowest BCUT2D eigenvalue weighted by atomic mass is 9.46. The van der Waals surface area contributed by atoms with Crippen LogP contribution in [0.3, 0.4) is 0 Å². The Hall–Kier alpha value is -0.450. The fourth-order valence-corrected chi connectivity index (χ4v) is 15.3. The Morgan fingerprint density at radius 3 is 2.53 bits per heavy atom. The molecular weight excluding hydrogens is 495 g/mol. The summed E-state index contributed by atoms with van der Waals surface area (Å²) < 4.78 is 12.6. The number of benzene rings is 1. The maximum atomic E-state index is 7.19. The largest absolute Gasteiger partial charge is 0.497 e. The van der Waals surface area contributed by atoms with Gasteiger partial charge in [0.25, 0.3) is 0 Å². The molecule has 0 bridgehead atoms. The zero-order chi connectivity index (χ0) is 23.9. The predicted molar refractivity (Wildman–Crippen MR) is 152 cm³/mol. The summed E-state index contributed by atoms with van der Waals surface area (Å²) in [6, 6.07) is 8.23. The van der Waals surface area contributed by atoms with Gasteiger partial charge in [-0.1, -0.05) is 61.4 Å². The van der Waals surface area contributed by atoms with Crippen LogP contribution in [0.15, 0.2) is 47.4 Å². The highest BCUT2D eigenvalue weighted by Crippen LogP contribution is 2.81. The van der Waals surface area contributed by atoms with Crippen molar-refractivity contribution in [2.45, 2.75) is 70.8 Å².